The summed E-state index contributed by atoms with van der Waals surface area (Å²) >= 11 is 1.75. The minimum Gasteiger partial charge on any atom is -0.397 e. The fraction of sp³-hybridized carbons (Fsp3) is 0.704. The molecule has 11 N–H and O–H groups in total. The third-order valence-electron chi connectivity index (χ3n) is 8.90. The maximum atomic E-state index is 12.4. The molecule has 3 aliphatic heterocycles. The van der Waals surface area contributed by atoms with Crippen LogP contribution in [0.15, 0.2) is 18.6 Å². The highest BCUT2D eigenvalue weighted by Crippen LogP contribution is 2.66. The number of nitrogens with one attached hydrogen (secondary N) is 4. The van der Waals surface area contributed by atoms with Gasteiger partial charge in [0.15, 0.2) is 11.9 Å². The van der Waals surface area contributed by atoms with Crippen LogP contribution in [0.4, 0.5) is 10.5 Å². The minimum atomic E-state index is -5.68. The SMILES string of the molecule is CC(CCCNC(=O)CC[C@@H]1SC[C@@H]2NC(=O)N[C@@H]21)CCCNP(=O)(O)OP(=O)(O)OP(=O)(O)OC[C@H]1O[C@@H](n2cnc3c(N)ccnc32)C(O)[C@H]1O. The van der Waals surface area contributed by atoms with Gasteiger partial charge < -0.3 is 51.3 Å². The molecule has 3 amide bonds. The number of imidazole rings is 1. The molecule has 53 heavy (non-hydrogen) atoms. The molecule has 0 spiro atoms. The van der Waals surface area contributed by atoms with Gasteiger partial charge in [-0.3, -0.25) is 13.9 Å². The summed E-state index contributed by atoms with van der Waals surface area (Å²) in [7, 11) is -16.2. The molecule has 5 rings (SSSR count). The number of anilines is 1. The Morgan fingerprint density at radius 1 is 1.11 bits per heavy atom. The van der Waals surface area contributed by atoms with Crippen LogP contribution in [0.2, 0.25) is 0 Å². The molecule has 0 saturated carbocycles. The van der Waals surface area contributed by atoms with Crippen molar-refractivity contribution in [2.45, 2.75) is 87.3 Å². The van der Waals surface area contributed by atoms with E-state index in [0.29, 0.717) is 49.9 Å². The van der Waals surface area contributed by atoms with Crippen LogP contribution in [0, 0.1) is 5.92 Å². The number of nitrogens with zero attached hydrogens (tertiary/aromatic N) is 3. The number of phosphoric ester groups is 1. The highest BCUT2D eigenvalue weighted by molar-refractivity contribution is 8.00. The van der Waals surface area contributed by atoms with Crippen LogP contribution in [0.1, 0.15) is 51.7 Å². The fourth-order valence-corrected chi connectivity index (χ4v) is 11.5. The second kappa shape index (κ2) is 17.7. The summed E-state index contributed by atoms with van der Waals surface area (Å²) in [5, 5.41) is 31.9. The number of urea groups is 1. The van der Waals surface area contributed by atoms with Gasteiger partial charge in [0.2, 0.25) is 5.91 Å². The summed E-state index contributed by atoms with van der Waals surface area (Å²) in [5.41, 5.74) is 6.68. The monoisotopic (exact) mass is 830 g/mol. The molecule has 3 fully saturated rings. The van der Waals surface area contributed by atoms with Gasteiger partial charge in [0.1, 0.15) is 23.8 Å². The zero-order valence-corrected chi connectivity index (χ0v) is 32.0. The highest BCUT2D eigenvalue weighted by atomic mass is 32.2. The number of nitrogen functional groups attached to an aromatic ring is 1. The molecule has 0 aromatic carbocycles. The Hall–Kier alpha value is -2.20. The van der Waals surface area contributed by atoms with E-state index < -0.39 is 54.5 Å². The maximum absolute atomic E-state index is 12.4. The molecule has 22 nitrogen and oxygen atoms in total. The highest BCUT2D eigenvalue weighted by Gasteiger charge is 2.47. The van der Waals surface area contributed by atoms with Gasteiger partial charge in [-0.15, -0.1) is 0 Å². The van der Waals surface area contributed by atoms with Crippen LogP contribution < -0.4 is 26.8 Å². The van der Waals surface area contributed by atoms with E-state index in [4.69, 9.17) is 10.5 Å². The van der Waals surface area contributed by atoms with Crippen LogP contribution >= 0.6 is 35.2 Å². The van der Waals surface area contributed by atoms with E-state index in [-0.39, 0.29) is 47.4 Å². The normalized spacial score (nSPS) is 29.5. The first-order valence-electron chi connectivity index (χ1n) is 16.8. The van der Waals surface area contributed by atoms with E-state index >= 15 is 0 Å². The van der Waals surface area contributed by atoms with Gasteiger partial charge in [0.25, 0.3) is 0 Å². The number of fused-ring (bicyclic) bond motifs is 2. The van der Waals surface area contributed by atoms with Crippen molar-refractivity contribution < 1.29 is 66.1 Å². The lowest BCUT2D eigenvalue weighted by Gasteiger charge is -2.20. The van der Waals surface area contributed by atoms with Crippen molar-refractivity contribution in [1.29, 1.82) is 0 Å². The zero-order chi connectivity index (χ0) is 38.6. The lowest BCUT2D eigenvalue weighted by molar-refractivity contribution is -0.121. The number of aliphatic hydroxyl groups is 2. The molecule has 5 unspecified atom stereocenters. The number of carbonyl (C=O) groups is 2. The molecule has 11 atom stereocenters. The second-order valence-electron chi connectivity index (χ2n) is 13.0. The summed E-state index contributed by atoms with van der Waals surface area (Å²) in [6, 6.07) is 1.49. The van der Waals surface area contributed by atoms with Gasteiger partial charge in [-0.25, -0.2) is 33.5 Å². The quantitative estimate of drug-likeness (QED) is 0.0502. The molecule has 2 aromatic heterocycles. The van der Waals surface area contributed by atoms with E-state index in [9.17, 15) is 48.2 Å². The van der Waals surface area contributed by atoms with Gasteiger partial charge in [-0.1, -0.05) is 6.92 Å². The lowest BCUT2D eigenvalue weighted by atomic mass is 10.00. The summed E-state index contributed by atoms with van der Waals surface area (Å²) in [5.74, 6) is 0.944. The van der Waals surface area contributed by atoms with Crippen LogP contribution in [-0.2, 0) is 36.4 Å². The molecular weight excluding hydrogens is 785 g/mol. The summed E-state index contributed by atoms with van der Waals surface area (Å²) in [4.78, 5) is 62.0. The van der Waals surface area contributed by atoms with Crippen molar-refractivity contribution in [2.24, 2.45) is 5.92 Å². The van der Waals surface area contributed by atoms with E-state index in [1.165, 1.54) is 23.2 Å². The molecule has 5 heterocycles. The first-order chi connectivity index (χ1) is 24.9. The predicted molar refractivity (Wildman–Crippen MR) is 189 cm³/mol. The van der Waals surface area contributed by atoms with Crippen molar-refractivity contribution in [1.82, 2.24) is 35.6 Å². The first kappa shape index (κ1) is 42.0. The average molecular weight is 831 g/mol. The van der Waals surface area contributed by atoms with Crippen LogP contribution in [-0.4, -0.2) is 112 Å². The Morgan fingerprint density at radius 3 is 2.60 bits per heavy atom. The number of aliphatic hydroxyl groups excluding tert-OH is 2. The summed E-state index contributed by atoms with van der Waals surface area (Å²) in [6.45, 7) is 1.41. The van der Waals surface area contributed by atoms with Crippen molar-refractivity contribution in [3.8, 4) is 0 Å². The Kier molecular flexibility index (Phi) is 14.0. The third kappa shape index (κ3) is 11.4. The number of rotatable bonds is 20. The average Bonchev–Trinajstić information content (AvgIpc) is 3.82. The van der Waals surface area contributed by atoms with Crippen LogP contribution in [0.25, 0.3) is 11.2 Å². The fourth-order valence-electron chi connectivity index (χ4n) is 6.24. The second-order valence-corrected chi connectivity index (χ2v) is 19.1. The predicted octanol–water partition coefficient (Wildman–Crippen LogP) is 0.832. The smallest absolute Gasteiger partial charge is 0.397 e. The van der Waals surface area contributed by atoms with Crippen LogP contribution in [0.3, 0.4) is 0 Å². The summed E-state index contributed by atoms with van der Waals surface area (Å²) < 4.78 is 57.1. The molecule has 3 saturated heterocycles. The van der Waals surface area contributed by atoms with Crippen molar-refractivity contribution in [2.75, 3.05) is 31.2 Å². The number of phosphoric acid groups is 2. The van der Waals surface area contributed by atoms with Crippen molar-refractivity contribution in [3.05, 3.63) is 18.6 Å². The molecule has 0 aliphatic carbocycles. The molecule has 26 heteroatoms. The number of pyridine rings is 1. The molecule has 298 valence electrons. The number of carbonyl (C=O) groups excluding carboxylic acids is 2. The molecule has 0 bridgehead atoms. The number of aromatic nitrogens is 3. The molecule has 0 radical (unpaired) electrons. The van der Waals surface area contributed by atoms with E-state index in [0.717, 1.165) is 12.2 Å². The topological polar surface area (TPSA) is 328 Å². The molecule has 2 aromatic rings. The molecule has 3 aliphatic rings. The largest absolute Gasteiger partial charge is 0.489 e. The van der Waals surface area contributed by atoms with Gasteiger partial charge in [0.05, 0.1) is 30.7 Å². The Labute approximate surface area is 308 Å². The lowest BCUT2D eigenvalue weighted by Crippen LogP contribution is -2.37. The van der Waals surface area contributed by atoms with Gasteiger partial charge in [-0.2, -0.15) is 20.4 Å². The third-order valence-corrected chi connectivity index (χ3v) is 14.9. The Morgan fingerprint density at radius 2 is 1.85 bits per heavy atom. The molecular formula is C27H45N8O14P3S. The van der Waals surface area contributed by atoms with E-state index in [1.807, 2.05) is 6.92 Å². The van der Waals surface area contributed by atoms with E-state index in [1.54, 1.807) is 11.8 Å². The number of ether oxygens (including phenoxy) is 1. The number of hydrogen-bond acceptors (Lipinski definition) is 15. The maximum Gasteiger partial charge on any atom is 0.489 e. The van der Waals surface area contributed by atoms with Gasteiger partial charge in [0, 0.05) is 36.7 Å². The zero-order valence-electron chi connectivity index (χ0n) is 28.5. The Balaban J connectivity index is 0.950. The number of hydrogen-bond donors (Lipinski definition) is 10. The standard InChI is InChI=1S/C27H45N8O14P3S/c1-15(4-2-9-29-20(36)7-6-19-22-17(13-53-19)33-27(39)34-22)5-3-10-32-50(40,41)48-52(44,45)49-51(42,43)46-12-18-23(37)24(38)26(47-18)35-14-31-21-16(28)8-11-30-25(21)35/h8,11,14-15,17-19,22-24,26,37-38H,2-7,9-10,12-13H2,1H3,(H2,28,30)(H,29,36)(H,42,43)(H,44,45)(H2,32,40,41)(H2,33,34,39)/t15?,17-,18+,19-,22-,23-,24?,26+/m0/s1. The minimum absolute atomic E-state index is 0.0457. The summed E-state index contributed by atoms with van der Waals surface area (Å²) in [6.07, 6.45) is 0.148. The van der Waals surface area contributed by atoms with Crippen molar-refractivity contribution >= 4 is 63.9 Å². The van der Waals surface area contributed by atoms with Crippen LogP contribution in [0.5, 0.6) is 0 Å². The first-order valence-corrected chi connectivity index (χ1v) is 22.4. The van der Waals surface area contributed by atoms with Crippen molar-refractivity contribution in [3.63, 3.8) is 0 Å². The van der Waals surface area contributed by atoms with Gasteiger partial charge >= 0.3 is 29.4 Å². The van der Waals surface area contributed by atoms with Gasteiger partial charge in [-0.05, 0) is 44.1 Å². The number of amides is 3. The van der Waals surface area contributed by atoms with E-state index in [2.05, 4.69) is 44.2 Å². The Bertz CT molecular complexity index is 1760. The number of thioether (sulfide) groups is 1. The number of nitrogens with two attached hydrogens (primary N) is 1.